The monoisotopic (exact) mass is 523 g/mol. The average molecular weight is 524 g/mol. The summed E-state index contributed by atoms with van der Waals surface area (Å²) in [4.78, 5) is 28.9. The number of hydroxylamine groups is 1. The molecule has 0 amide bonds. The minimum Gasteiger partial charge on any atom is -0.493 e. The highest BCUT2D eigenvalue weighted by Crippen LogP contribution is 2.32. The third-order valence-corrected chi connectivity index (χ3v) is 6.09. The Morgan fingerprint density at radius 3 is 2.32 bits per heavy atom. The van der Waals surface area contributed by atoms with Crippen LogP contribution in [0.2, 0.25) is 0 Å². The van der Waals surface area contributed by atoms with Gasteiger partial charge in [-0.3, -0.25) is 9.63 Å². The maximum absolute atomic E-state index is 11.6. The molecule has 1 aromatic rings. The fraction of sp³-hybridized carbons (Fsp3) is 0.679. The van der Waals surface area contributed by atoms with Crippen LogP contribution in [0.3, 0.4) is 0 Å². The molecule has 37 heavy (non-hydrogen) atoms. The van der Waals surface area contributed by atoms with Crippen molar-refractivity contribution in [2.45, 2.75) is 79.1 Å². The number of hydrogen-bond acceptors (Lipinski definition) is 8. The standard InChI is InChI=1S/C28H45NO8/c1-9-35-12-13-36-25-15-20(10-11-24(25)34-8)14-21(18(2)3)16-23(29-37-28(5,6)7)26(31)22(17-30)19(4)27(32)33/h10-11,15,18-19,21,23,26,29,31H,9,12-14,16H2,1-8H3,(H,32,33)/t19-,21+,23+,26+/m1/s1. The van der Waals surface area contributed by atoms with Crippen molar-refractivity contribution in [3.05, 3.63) is 29.3 Å². The van der Waals surface area contributed by atoms with Gasteiger partial charge >= 0.3 is 5.97 Å². The van der Waals surface area contributed by atoms with Gasteiger partial charge in [-0.15, -0.1) is 0 Å². The molecule has 0 aliphatic heterocycles. The van der Waals surface area contributed by atoms with E-state index in [1.165, 1.54) is 6.92 Å². The maximum Gasteiger partial charge on any atom is 0.311 e. The van der Waals surface area contributed by atoms with Gasteiger partial charge in [0.25, 0.3) is 0 Å². The summed E-state index contributed by atoms with van der Waals surface area (Å²) in [7, 11) is 1.59. The molecule has 9 nitrogen and oxygen atoms in total. The Kier molecular flexibility index (Phi) is 13.9. The van der Waals surface area contributed by atoms with Gasteiger partial charge in [0, 0.05) is 6.61 Å². The van der Waals surface area contributed by atoms with E-state index in [1.54, 1.807) is 13.1 Å². The van der Waals surface area contributed by atoms with Gasteiger partial charge in [0.1, 0.15) is 18.7 Å². The Hall–Kier alpha value is -2.42. The Morgan fingerprint density at radius 1 is 1.14 bits per heavy atom. The number of hydrogen-bond donors (Lipinski definition) is 3. The van der Waals surface area contributed by atoms with E-state index >= 15 is 0 Å². The van der Waals surface area contributed by atoms with E-state index in [4.69, 9.17) is 19.0 Å². The number of aliphatic hydroxyl groups is 1. The second-order valence-corrected chi connectivity index (χ2v) is 10.5. The van der Waals surface area contributed by atoms with Crippen molar-refractivity contribution in [2.75, 3.05) is 26.9 Å². The molecule has 4 atom stereocenters. The molecular weight excluding hydrogens is 478 g/mol. The lowest BCUT2D eigenvalue weighted by atomic mass is 9.81. The van der Waals surface area contributed by atoms with Gasteiger partial charge in [0.15, 0.2) is 11.5 Å². The van der Waals surface area contributed by atoms with Crippen molar-refractivity contribution in [1.82, 2.24) is 5.48 Å². The Bertz CT molecular complexity index is 889. The van der Waals surface area contributed by atoms with E-state index < -0.39 is 29.6 Å². The van der Waals surface area contributed by atoms with Crippen LogP contribution < -0.4 is 15.0 Å². The molecule has 0 heterocycles. The second kappa shape index (κ2) is 15.7. The zero-order chi connectivity index (χ0) is 28.2. The molecule has 0 spiro atoms. The highest BCUT2D eigenvalue weighted by Gasteiger charge is 2.34. The quantitative estimate of drug-likeness (QED) is 0.159. The lowest BCUT2D eigenvalue weighted by Gasteiger charge is -2.33. The first kappa shape index (κ1) is 32.6. The number of carboxylic acid groups (broad SMARTS) is 1. The third-order valence-electron chi connectivity index (χ3n) is 6.09. The topological polar surface area (TPSA) is 124 Å². The molecule has 1 rings (SSSR count). The van der Waals surface area contributed by atoms with Crippen molar-refractivity contribution in [3.8, 4) is 11.5 Å². The number of carbonyl (C=O) groups is 1. The van der Waals surface area contributed by atoms with Crippen molar-refractivity contribution < 1.29 is 38.9 Å². The Morgan fingerprint density at radius 2 is 1.81 bits per heavy atom. The normalized spacial score (nSPS) is 15.0. The third kappa shape index (κ3) is 11.2. The summed E-state index contributed by atoms with van der Waals surface area (Å²) in [6.45, 7) is 14.5. The van der Waals surface area contributed by atoms with Crippen LogP contribution in [-0.4, -0.2) is 66.8 Å². The number of ether oxygens (including phenoxy) is 3. The van der Waals surface area contributed by atoms with E-state index in [0.717, 1.165) is 5.56 Å². The molecule has 0 saturated heterocycles. The summed E-state index contributed by atoms with van der Waals surface area (Å²) in [6, 6.07) is 5.04. The summed E-state index contributed by atoms with van der Waals surface area (Å²) in [6.07, 6.45) is -0.321. The predicted molar refractivity (Wildman–Crippen MR) is 141 cm³/mol. The average Bonchev–Trinajstić information content (AvgIpc) is 2.83. The molecule has 0 bridgehead atoms. The zero-order valence-corrected chi connectivity index (χ0v) is 23.5. The smallest absolute Gasteiger partial charge is 0.311 e. The zero-order valence-electron chi connectivity index (χ0n) is 23.5. The SMILES string of the molecule is CCOCCOc1cc(C[C@@H](C[C@H](NOC(C)(C)C)[C@@H](O)C(=C=O)[C@@H](C)C(=O)O)C(C)C)ccc1OC. The number of rotatable bonds is 17. The second-order valence-electron chi connectivity index (χ2n) is 10.5. The highest BCUT2D eigenvalue weighted by molar-refractivity contribution is 5.77. The summed E-state index contributed by atoms with van der Waals surface area (Å²) < 4.78 is 16.7. The van der Waals surface area contributed by atoms with Gasteiger partial charge in [-0.2, -0.15) is 5.48 Å². The summed E-state index contributed by atoms with van der Waals surface area (Å²) in [5.74, 6) is 0.775. The van der Waals surface area contributed by atoms with Gasteiger partial charge in [0.05, 0.1) is 36.9 Å². The number of aliphatic carboxylic acids is 1. The molecular formula is C28H45NO8. The van der Waals surface area contributed by atoms with Gasteiger partial charge in [0.2, 0.25) is 0 Å². The molecule has 0 radical (unpaired) electrons. The van der Waals surface area contributed by atoms with Crippen molar-refractivity contribution in [2.24, 2.45) is 17.8 Å². The molecule has 9 heteroatoms. The molecule has 0 aliphatic rings. The Labute approximate surface area is 221 Å². The number of nitrogens with one attached hydrogen (secondary N) is 1. The predicted octanol–water partition coefficient (Wildman–Crippen LogP) is 3.84. The molecule has 0 aliphatic carbocycles. The van der Waals surface area contributed by atoms with Crippen molar-refractivity contribution >= 4 is 11.9 Å². The maximum atomic E-state index is 11.6. The Balaban J connectivity index is 3.20. The van der Waals surface area contributed by atoms with E-state index in [9.17, 15) is 19.8 Å². The lowest BCUT2D eigenvalue weighted by Crippen LogP contribution is -2.47. The minimum absolute atomic E-state index is 0.0495. The summed E-state index contributed by atoms with van der Waals surface area (Å²) >= 11 is 0. The summed E-state index contributed by atoms with van der Waals surface area (Å²) in [5, 5.41) is 20.5. The van der Waals surface area contributed by atoms with Crippen LogP contribution in [0, 0.1) is 17.8 Å². The van der Waals surface area contributed by atoms with Crippen molar-refractivity contribution in [1.29, 1.82) is 0 Å². The molecule has 0 unspecified atom stereocenters. The molecule has 210 valence electrons. The highest BCUT2D eigenvalue weighted by atomic mass is 16.7. The lowest BCUT2D eigenvalue weighted by molar-refractivity contribution is -0.140. The van der Waals surface area contributed by atoms with E-state index in [1.807, 2.05) is 45.9 Å². The number of carboxylic acids is 1. The fourth-order valence-electron chi connectivity index (χ4n) is 3.78. The van der Waals surface area contributed by atoms with Gasteiger partial charge in [-0.1, -0.05) is 19.9 Å². The van der Waals surface area contributed by atoms with E-state index in [0.29, 0.717) is 44.2 Å². The number of aliphatic hydroxyl groups excluding tert-OH is 1. The van der Waals surface area contributed by atoms with Crippen LogP contribution in [0.5, 0.6) is 11.5 Å². The fourth-order valence-corrected chi connectivity index (χ4v) is 3.78. The van der Waals surface area contributed by atoms with Gasteiger partial charge in [-0.25, -0.2) is 4.79 Å². The van der Waals surface area contributed by atoms with Crippen molar-refractivity contribution in [3.63, 3.8) is 0 Å². The summed E-state index contributed by atoms with van der Waals surface area (Å²) in [5.41, 5.74) is 3.13. The minimum atomic E-state index is -1.39. The molecule has 0 fully saturated rings. The first-order chi connectivity index (χ1) is 17.3. The first-order valence-corrected chi connectivity index (χ1v) is 12.8. The van der Waals surface area contributed by atoms with Crippen LogP contribution in [0.4, 0.5) is 0 Å². The number of carbonyl (C=O) groups excluding carboxylic acids is 1. The van der Waals surface area contributed by atoms with Gasteiger partial charge in [-0.05, 0) is 77.0 Å². The molecule has 1 aromatic carbocycles. The number of benzene rings is 1. The van der Waals surface area contributed by atoms with E-state index in [-0.39, 0.29) is 17.4 Å². The van der Waals surface area contributed by atoms with Crippen LogP contribution in [-0.2, 0) is 25.6 Å². The largest absolute Gasteiger partial charge is 0.493 e. The molecule has 0 aromatic heterocycles. The van der Waals surface area contributed by atoms with Crippen LogP contribution >= 0.6 is 0 Å². The molecule has 3 N–H and O–H groups in total. The molecule has 0 saturated carbocycles. The van der Waals surface area contributed by atoms with Crippen LogP contribution in [0.1, 0.15) is 60.5 Å². The van der Waals surface area contributed by atoms with Gasteiger partial charge < -0.3 is 24.4 Å². The van der Waals surface area contributed by atoms with Crippen LogP contribution in [0.25, 0.3) is 0 Å². The number of methoxy groups -OCH3 is 1. The van der Waals surface area contributed by atoms with E-state index in [2.05, 4.69) is 19.3 Å². The van der Waals surface area contributed by atoms with Crippen LogP contribution in [0.15, 0.2) is 23.8 Å². The first-order valence-electron chi connectivity index (χ1n) is 12.8.